The lowest BCUT2D eigenvalue weighted by molar-refractivity contribution is 0.162. The van der Waals surface area contributed by atoms with Crippen LogP contribution in [0.5, 0.6) is 5.75 Å². The van der Waals surface area contributed by atoms with Crippen molar-refractivity contribution in [3.05, 3.63) is 83.0 Å². The first kappa shape index (κ1) is 18.5. The summed E-state index contributed by atoms with van der Waals surface area (Å²) >= 11 is 3.56. The van der Waals surface area contributed by atoms with Crippen LogP contribution in [0.1, 0.15) is 5.56 Å². The molecule has 7 heteroatoms. The van der Waals surface area contributed by atoms with Gasteiger partial charge in [-0.2, -0.15) is 5.10 Å². The van der Waals surface area contributed by atoms with E-state index < -0.39 is 6.35 Å². The number of hydrogen-bond donors (Lipinski definition) is 1. The highest BCUT2D eigenvalue weighted by Crippen LogP contribution is 2.32. The molecule has 0 bridgehead atoms. The summed E-state index contributed by atoms with van der Waals surface area (Å²) in [6, 6.07) is 21.0. The first-order valence-electron chi connectivity index (χ1n) is 8.79. The first-order valence-corrected chi connectivity index (χ1v) is 9.58. The van der Waals surface area contributed by atoms with Gasteiger partial charge in [-0.1, -0.05) is 30.3 Å². The van der Waals surface area contributed by atoms with Crippen molar-refractivity contribution in [3.8, 4) is 5.75 Å². The molecule has 0 amide bonds. The lowest BCUT2D eigenvalue weighted by atomic mass is 10.1. The zero-order chi connectivity index (χ0) is 19.5. The number of rotatable bonds is 4. The van der Waals surface area contributed by atoms with E-state index in [1.807, 2.05) is 66.7 Å². The molecule has 1 aliphatic rings. The lowest BCUT2D eigenvalue weighted by Crippen LogP contribution is -2.53. The molecule has 1 aliphatic heterocycles. The molecule has 1 aromatic heterocycles. The fourth-order valence-corrected chi connectivity index (χ4v) is 3.62. The van der Waals surface area contributed by atoms with E-state index in [1.165, 1.54) is 0 Å². The number of anilines is 2. The normalized spacial score (nSPS) is 16.7. The van der Waals surface area contributed by atoms with E-state index in [2.05, 4.69) is 20.9 Å². The summed E-state index contributed by atoms with van der Waals surface area (Å²) in [5.74, 6) is 1.39. The minimum Gasteiger partial charge on any atom is -0.496 e. The third kappa shape index (κ3) is 3.46. The van der Waals surface area contributed by atoms with E-state index in [-0.39, 0.29) is 0 Å². The van der Waals surface area contributed by atoms with Gasteiger partial charge in [0, 0.05) is 16.2 Å². The number of aliphatic hydroxyl groups excluding tert-OH is 1. The predicted molar refractivity (Wildman–Crippen MR) is 114 cm³/mol. The smallest absolute Gasteiger partial charge is 0.229 e. The summed E-state index contributed by atoms with van der Waals surface area (Å²) in [5.41, 5.74) is 2.39. The van der Waals surface area contributed by atoms with Gasteiger partial charge in [0.1, 0.15) is 11.6 Å². The van der Waals surface area contributed by atoms with Crippen molar-refractivity contribution >= 4 is 33.1 Å². The van der Waals surface area contributed by atoms with Crippen molar-refractivity contribution in [1.29, 1.82) is 0 Å². The molecule has 0 fully saturated rings. The van der Waals surface area contributed by atoms with Gasteiger partial charge in [0.2, 0.25) is 6.35 Å². The number of para-hydroxylation sites is 2. The maximum absolute atomic E-state index is 11.1. The number of aromatic nitrogens is 1. The first-order chi connectivity index (χ1) is 13.7. The van der Waals surface area contributed by atoms with Crippen LogP contribution in [0.3, 0.4) is 0 Å². The zero-order valence-electron chi connectivity index (χ0n) is 15.2. The summed E-state index contributed by atoms with van der Waals surface area (Å²) in [5, 5.41) is 17.5. The topological polar surface area (TPSA) is 61.2 Å². The average Bonchev–Trinajstić information content (AvgIpc) is 2.75. The van der Waals surface area contributed by atoms with Crippen molar-refractivity contribution < 1.29 is 9.84 Å². The second-order valence-electron chi connectivity index (χ2n) is 6.21. The summed E-state index contributed by atoms with van der Waals surface area (Å²) in [6.07, 6.45) is 0.700. The molecule has 0 aliphatic carbocycles. The standard InChI is InChI=1S/C21H19BrN4O2/c1-28-19-11-5-2-8-15(19)17-14-25(20-12-6-7-13-23-20)21(27)26(24-17)18-10-4-3-9-16(18)22/h2-13,21,27H,14H2,1H3. The molecule has 28 heavy (non-hydrogen) atoms. The van der Waals surface area contributed by atoms with Gasteiger partial charge in [0.15, 0.2) is 0 Å². The Kier molecular flexibility index (Phi) is 5.27. The number of benzene rings is 2. The number of aliphatic hydroxyl groups is 1. The molecule has 2 aromatic carbocycles. The van der Waals surface area contributed by atoms with Crippen molar-refractivity contribution in [1.82, 2.24) is 4.98 Å². The summed E-state index contributed by atoms with van der Waals surface area (Å²) < 4.78 is 6.36. The van der Waals surface area contributed by atoms with Crippen LogP contribution in [-0.4, -0.2) is 35.8 Å². The van der Waals surface area contributed by atoms with Gasteiger partial charge >= 0.3 is 0 Å². The van der Waals surface area contributed by atoms with Gasteiger partial charge in [-0.15, -0.1) is 0 Å². The van der Waals surface area contributed by atoms with Crippen LogP contribution in [0, 0.1) is 0 Å². The van der Waals surface area contributed by atoms with Crippen LogP contribution in [0.15, 0.2) is 82.5 Å². The second-order valence-corrected chi connectivity index (χ2v) is 7.06. The Bertz CT molecular complexity index is 996. The third-order valence-electron chi connectivity index (χ3n) is 4.51. The summed E-state index contributed by atoms with van der Waals surface area (Å²) in [7, 11) is 1.64. The van der Waals surface area contributed by atoms with E-state index >= 15 is 0 Å². The minimum atomic E-state index is -1.01. The predicted octanol–water partition coefficient (Wildman–Crippen LogP) is 3.86. The Hall–Kier alpha value is -2.90. The van der Waals surface area contributed by atoms with Gasteiger partial charge in [0.25, 0.3) is 0 Å². The van der Waals surface area contributed by atoms with E-state index in [0.717, 1.165) is 27.2 Å². The van der Waals surface area contributed by atoms with Gasteiger partial charge in [-0.05, 0) is 52.3 Å². The molecule has 1 atom stereocenters. The van der Waals surface area contributed by atoms with Gasteiger partial charge in [-0.25, -0.2) is 9.99 Å². The maximum Gasteiger partial charge on any atom is 0.229 e. The van der Waals surface area contributed by atoms with Crippen molar-refractivity contribution in [2.24, 2.45) is 5.10 Å². The number of methoxy groups -OCH3 is 1. The third-order valence-corrected chi connectivity index (χ3v) is 5.18. The molecule has 6 nitrogen and oxygen atoms in total. The van der Waals surface area contributed by atoms with Crippen molar-refractivity contribution in [2.75, 3.05) is 23.6 Å². The van der Waals surface area contributed by atoms with Crippen LogP contribution in [-0.2, 0) is 0 Å². The molecular weight excluding hydrogens is 420 g/mol. The van der Waals surface area contributed by atoms with Gasteiger partial charge in [0.05, 0.1) is 25.1 Å². The SMILES string of the molecule is COc1ccccc1C1=NN(c2ccccc2Br)C(O)N(c2ccccn2)C1. The molecule has 142 valence electrons. The van der Waals surface area contributed by atoms with E-state index in [0.29, 0.717) is 12.4 Å². The van der Waals surface area contributed by atoms with Crippen LogP contribution >= 0.6 is 15.9 Å². The maximum atomic E-state index is 11.1. The largest absolute Gasteiger partial charge is 0.496 e. The number of hydrogen-bond acceptors (Lipinski definition) is 6. The van der Waals surface area contributed by atoms with Crippen LogP contribution in [0.2, 0.25) is 0 Å². The van der Waals surface area contributed by atoms with Crippen molar-refractivity contribution in [2.45, 2.75) is 6.35 Å². The molecule has 4 rings (SSSR count). The highest BCUT2D eigenvalue weighted by Gasteiger charge is 2.32. The second kappa shape index (κ2) is 8.00. The van der Waals surface area contributed by atoms with Crippen LogP contribution < -0.4 is 14.6 Å². The van der Waals surface area contributed by atoms with E-state index in [4.69, 9.17) is 9.84 Å². The fourth-order valence-electron chi connectivity index (χ4n) is 3.15. The Labute approximate surface area is 171 Å². The summed E-state index contributed by atoms with van der Waals surface area (Å²) in [4.78, 5) is 6.22. The Morgan fingerprint density at radius 3 is 2.54 bits per heavy atom. The number of halogens is 1. The molecule has 0 saturated heterocycles. The average molecular weight is 439 g/mol. The molecule has 1 unspecified atom stereocenters. The van der Waals surface area contributed by atoms with E-state index in [1.54, 1.807) is 23.2 Å². The number of pyridine rings is 1. The monoisotopic (exact) mass is 438 g/mol. The Morgan fingerprint density at radius 1 is 1.04 bits per heavy atom. The lowest BCUT2D eigenvalue weighted by Gasteiger charge is -2.40. The number of hydrazone groups is 1. The quantitative estimate of drug-likeness (QED) is 0.669. The molecule has 1 N–H and O–H groups in total. The molecule has 3 aromatic rings. The molecule has 2 heterocycles. The highest BCUT2D eigenvalue weighted by molar-refractivity contribution is 9.10. The number of nitrogens with zero attached hydrogens (tertiary/aromatic N) is 4. The Morgan fingerprint density at radius 2 is 1.79 bits per heavy atom. The Balaban J connectivity index is 1.85. The summed E-state index contributed by atoms with van der Waals surface area (Å²) in [6.45, 7) is 0.388. The highest BCUT2D eigenvalue weighted by atomic mass is 79.9. The minimum absolute atomic E-state index is 0.388. The van der Waals surface area contributed by atoms with Crippen molar-refractivity contribution in [3.63, 3.8) is 0 Å². The molecule has 0 radical (unpaired) electrons. The molecular formula is C21H19BrN4O2. The van der Waals surface area contributed by atoms with Gasteiger partial charge in [-0.3, -0.25) is 0 Å². The molecule has 0 saturated carbocycles. The van der Waals surface area contributed by atoms with Crippen LogP contribution in [0.25, 0.3) is 0 Å². The van der Waals surface area contributed by atoms with E-state index in [9.17, 15) is 5.11 Å². The fraction of sp³-hybridized carbons (Fsp3) is 0.143. The zero-order valence-corrected chi connectivity index (χ0v) is 16.8. The molecule has 0 spiro atoms. The van der Waals surface area contributed by atoms with Crippen LogP contribution in [0.4, 0.5) is 11.5 Å². The van der Waals surface area contributed by atoms with Gasteiger partial charge < -0.3 is 14.7 Å². The number of ether oxygens (including phenoxy) is 1.